The lowest BCUT2D eigenvalue weighted by atomic mass is 10.2. The van der Waals surface area contributed by atoms with Crippen molar-refractivity contribution in [2.24, 2.45) is 0 Å². The number of aromatic amines is 1. The number of hydrazine groups is 1. The van der Waals surface area contributed by atoms with Crippen molar-refractivity contribution in [2.75, 3.05) is 5.32 Å². The van der Waals surface area contributed by atoms with Gasteiger partial charge in [0.1, 0.15) is 0 Å². The minimum atomic E-state index is -0.514. The first-order valence-electron chi connectivity index (χ1n) is 6.05. The van der Waals surface area contributed by atoms with Gasteiger partial charge in [-0.15, -0.1) is 0 Å². The fourth-order valence-electron chi connectivity index (χ4n) is 1.52. The molecule has 2 rings (SSSR count). The van der Waals surface area contributed by atoms with E-state index >= 15 is 0 Å². The molecule has 1 aromatic heterocycles. The maximum Gasteiger partial charge on any atom is 0.290 e. The number of anilines is 1. The summed E-state index contributed by atoms with van der Waals surface area (Å²) in [4.78, 5) is 22.6. The number of aromatic nitrogens is 2. The van der Waals surface area contributed by atoms with Gasteiger partial charge in [-0.2, -0.15) is 5.10 Å². The number of benzene rings is 1. The van der Waals surface area contributed by atoms with E-state index in [9.17, 15) is 9.59 Å². The molecule has 7 nitrogen and oxygen atoms in total. The molecule has 0 aliphatic heterocycles. The van der Waals surface area contributed by atoms with E-state index in [1.54, 1.807) is 0 Å². The predicted octanol–water partition coefficient (Wildman–Crippen LogP) is 0.710. The molecule has 0 radical (unpaired) electrons. The van der Waals surface area contributed by atoms with Crippen LogP contribution in [0.25, 0.3) is 0 Å². The highest BCUT2D eigenvalue weighted by molar-refractivity contribution is 7.80. The zero-order valence-electron chi connectivity index (χ0n) is 11.1. The molecule has 0 unspecified atom stereocenters. The van der Waals surface area contributed by atoms with E-state index in [0.29, 0.717) is 0 Å². The molecule has 1 amide bonds. The fourth-order valence-corrected chi connectivity index (χ4v) is 1.68. The van der Waals surface area contributed by atoms with Gasteiger partial charge in [0.25, 0.3) is 11.5 Å². The summed E-state index contributed by atoms with van der Waals surface area (Å²) in [5.41, 5.74) is 6.50. The standard InChI is InChI=1S/C13H13N5O2S/c1-8-4-2-3-5-9(8)14-13(21)18-17-12(20)10-6-7-11(19)16-15-10/h2-7H,1H3,(H,16,19)(H,17,20)(H2,14,18,21). The molecular weight excluding hydrogens is 290 g/mol. The quantitative estimate of drug-likeness (QED) is 0.482. The van der Waals surface area contributed by atoms with Gasteiger partial charge in [0.2, 0.25) is 0 Å². The number of nitrogens with zero attached hydrogens (tertiary/aromatic N) is 1. The lowest BCUT2D eigenvalue weighted by Crippen LogP contribution is -2.44. The van der Waals surface area contributed by atoms with Crippen molar-refractivity contribution < 1.29 is 4.79 Å². The molecule has 0 fully saturated rings. The van der Waals surface area contributed by atoms with Crippen LogP contribution in [0.5, 0.6) is 0 Å². The van der Waals surface area contributed by atoms with Crippen LogP contribution in [0.3, 0.4) is 0 Å². The van der Waals surface area contributed by atoms with Crippen LogP contribution in [0.15, 0.2) is 41.2 Å². The number of hydrogen-bond donors (Lipinski definition) is 4. The van der Waals surface area contributed by atoms with E-state index in [2.05, 4.69) is 26.4 Å². The summed E-state index contributed by atoms with van der Waals surface area (Å²) < 4.78 is 0. The van der Waals surface area contributed by atoms with Crippen LogP contribution in [0.1, 0.15) is 16.1 Å². The van der Waals surface area contributed by atoms with Crippen molar-refractivity contribution in [3.05, 3.63) is 58.0 Å². The van der Waals surface area contributed by atoms with Gasteiger partial charge in [-0.05, 0) is 36.8 Å². The number of aryl methyl sites for hydroxylation is 1. The molecule has 0 aliphatic carbocycles. The van der Waals surface area contributed by atoms with Crippen molar-refractivity contribution in [3.63, 3.8) is 0 Å². The molecule has 0 spiro atoms. The second-order valence-electron chi connectivity index (χ2n) is 4.15. The third-order valence-electron chi connectivity index (χ3n) is 2.59. The highest BCUT2D eigenvalue weighted by atomic mass is 32.1. The van der Waals surface area contributed by atoms with E-state index in [-0.39, 0.29) is 16.4 Å². The number of H-pyrrole nitrogens is 1. The molecule has 0 saturated heterocycles. The Hall–Kier alpha value is -2.74. The molecule has 4 N–H and O–H groups in total. The molecule has 0 saturated carbocycles. The second-order valence-corrected chi connectivity index (χ2v) is 4.56. The van der Waals surface area contributed by atoms with Gasteiger partial charge in [-0.3, -0.25) is 20.4 Å². The summed E-state index contributed by atoms with van der Waals surface area (Å²) >= 11 is 5.07. The number of rotatable bonds is 2. The lowest BCUT2D eigenvalue weighted by molar-refractivity contribution is 0.0938. The fraction of sp³-hybridized carbons (Fsp3) is 0.0769. The minimum Gasteiger partial charge on any atom is -0.331 e. The monoisotopic (exact) mass is 303 g/mol. The first-order chi connectivity index (χ1) is 10.1. The van der Waals surface area contributed by atoms with Crippen LogP contribution in [-0.4, -0.2) is 21.2 Å². The molecule has 1 heterocycles. The average Bonchev–Trinajstić information content (AvgIpc) is 2.48. The number of carbonyl (C=O) groups excluding carboxylic acids is 1. The van der Waals surface area contributed by atoms with Gasteiger partial charge in [-0.1, -0.05) is 18.2 Å². The summed E-state index contributed by atoms with van der Waals surface area (Å²) in [6.07, 6.45) is 0. The molecule has 0 aliphatic rings. The molecular formula is C13H13N5O2S. The van der Waals surface area contributed by atoms with Crippen LogP contribution < -0.4 is 21.7 Å². The summed E-state index contributed by atoms with van der Waals surface area (Å²) in [5, 5.41) is 8.97. The van der Waals surface area contributed by atoms with Gasteiger partial charge < -0.3 is 5.32 Å². The average molecular weight is 303 g/mol. The highest BCUT2D eigenvalue weighted by Gasteiger charge is 2.07. The van der Waals surface area contributed by atoms with E-state index < -0.39 is 5.91 Å². The Bertz CT molecular complexity index is 708. The van der Waals surface area contributed by atoms with Crippen LogP contribution in [0.2, 0.25) is 0 Å². The molecule has 108 valence electrons. The maximum absolute atomic E-state index is 11.7. The summed E-state index contributed by atoms with van der Waals surface area (Å²) in [6, 6.07) is 10.1. The number of carbonyl (C=O) groups is 1. The van der Waals surface area contributed by atoms with Crippen molar-refractivity contribution in [2.45, 2.75) is 6.92 Å². The van der Waals surface area contributed by atoms with Crippen molar-refractivity contribution >= 4 is 28.9 Å². The van der Waals surface area contributed by atoms with Crippen LogP contribution in [0, 0.1) is 6.92 Å². The Morgan fingerprint density at radius 1 is 1.19 bits per heavy atom. The Balaban J connectivity index is 1.89. The number of amides is 1. The number of para-hydroxylation sites is 1. The molecule has 0 bridgehead atoms. The third kappa shape index (κ3) is 4.11. The summed E-state index contributed by atoms with van der Waals surface area (Å²) in [5.74, 6) is -0.514. The van der Waals surface area contributed by atoms with Gasteiger partial charge in [0.05, 0.1) is 0 Å². The number of thiocarbonyl (C=S) groups is 1. The third-order valence-corrected chi connectivity index (χ3v) is 2.80. The van der Waals surface area contributed by atoms with Crippen molar-refractivity contribution in [3.8, 4) is 0 Å². The van der Waals surface area contributed by atoms with E-state index in [1.807, 2.05) is 31.2 Å². The molecule has 0 atom stereocenters. The Morgan fingerprint density at radius 3 is 2.62 bits per heavy atom. The van der Waals surface area contributed by atoms with Gasteiger partial charge in [0.15, 0.2) is 10.8 Å². The zero-order chi connectivity index (χ0) is 15.2. The summed E-state index contributed by atoms with van der Waals surface area (Å²) in [7, 11) is 0. The van der Waals surface area contributed by atoms with Gasteiger partial charge >= 0.3 is 0 Å². The van der Waals surface area contributed by atoms with Gasteiger partial charge in [0, 0.05) is 11.8 Å². The zero-order valence-corrected chi connectivity index (χ0v) is 12.0. The first-order valence-corrected chi connectivity index (χ1v) is 6.46. The normalized spacial score (nSPS) is 9.76. The van der Waals surface area contributed by atoms with Crippen LogP contribution >= 0.6 is 12.2 Å². The van der Waals surface area contributed by atoms with Crippen molar-refractivity contribution in [1.82, 2.24) is 21.0 Å². The van der Waals surface area contributed by atoms with E-state index in [4.69, 9.17) is 12.2 Å². The maximum atomic E-state index is 11.7. The van der Waals surface area contributed by atoms with E-state index in [0.717, 1.165) is 11.3 Å². The molecule has 21 heavy (non-hydrogen) atoms. The van der Waals surface area contributed by atoms with Crippen molar-refractivity contribution in [1.29, 1.82) is 0 Å². The van der Waals surface area contributed by atoms with Crippen LogP contribution in [0.4, 0.5) is 5.69 Å². The lowest BCUT2D eigenvalue weighted by Gasteiger charge is -2.12. The largest absolute Gasteiger partial charge is 0.331 e. The topological polar surface area (TPSA) is 98.9 Å². The first kappa shape index (κ1) is 14.7. The molecule has 2 aromatic rings. The smallest absolute Gasteiger partial charge is 0.290 e. The number of hydrogen-bond acceptors (Lipinski definition) is 4. The highest BCUT2D eigenvalue weighted by Crippen LogP contribution is 2.12. The Kier molecular flexibility index (Phi) is 4.62. The number of nitrogens with one attached hydrogen (secondary N) is 4. The minimum absolute atomic E-state index is 0.0702. The molecule has 1 aromatic carbocycles. The SMILES string of the molecule is Cc1ccccc1NC(=S)NNC(=O)c1ccc(=O)[nH]n1. The molecule has 8 heteroatoms. The van der Waals surface area contributed by atoms with E-state index in [1.165, 1.54) is 12.1 Å². The Morgan fingerprint density at radius 2 is 1.95 bits per heavy atom. The van der Waals surface area contributed by atoms with Crippen LogP contribution in [-0.2, 0) is 0 Å². The predicted molar refractivity (Wildman–Crippen MR) is 82.9 cm³/mol. The van der Waals surface area contributed by atoms with Gasteiger partial charge in [-0.25, -0.2) is 5.10 Å². The second kappa shape index (κ2) is 6.62. The summed E-state index contributed by atoms with van der Waals surface area (Å²) in [6.45, 7) is 1.94. The Labute approximate surface area is 125 Å².